The number of piperidine rings is 1. The van der Waals surface area contributed by atoms with Gasteiger partial charge in [-0.15, -0.1) is 5.53 Å². The quantitative estimate of drug-likeness (QED) is 0.198. The average Bonchev–Trinajstić information content (AvgIpc) is 3.37. The minimum atomic E-state index is -0.704. The molecule has 0 spiro atoms. The lowest BCUT2D eigenvalue weighted by molar-refractivity contribution is -0.118. The van der Waals surface area contributed by atoms with Gasteiger partial charge in [0.1, 0.15) is 23.6 Å². The van der Waals surface area contributed by atoms with Gasteiger partial charge in [0.05, 0.1) is 30.6 Å². The van der Waals surface area contributed by atoms with Crippen molar-refractivity contribution in [2.45, 2.75) is 52.5 Å². The van der Waals surface area contributed by atoms with Crippen LogP contribution in [0.1, 0.15) is 46.5 Å². The molecule has 1 aromatic rings. The zero-order valence-corrected chi connectivity index (χ0v) is 24.4. The van der Waals surface area contributed by atoms with E-state index in [1.807, 2.05) is 13.8 Å². The molecule has 3 aliphatic heterocycles. The summed E-state index contributed by atoms with van der Waals surface area (Å²) < 4.78 is 32.4. The summed E-state index contributed by atoms with van der Waals surface area (Å²) in [6.45, 7) is 12.2. The van der Waals surface area contributed by atoms with Crippen LogP contribution in [-0.4, -0.2) is 80.8 Å². The summed E-state index contributed by atoms with van der Waals surface area (Å²) >= 11 is 0. The van der Waals surface area contributed by atoms with Crippen molar-refractivity contribution in [3.05, 3.63) is 41.2 Å². The lowest BCUT2D eigenvalue weighted by Gasteiger charge is -2.39. The van der Waals surface area contributed by atoms with Crippen LogP contribution in [0.4, 0.5) is 14.5 Å². The summed E-state index contributed by atoms with van der Waals surface area (Å²) in [4.78, 5) is 26.0. The Balaban J connectivity index is 0.000000248. The van der Waals surface area contributed by atoms with Gasteiger partial charge < -0.3 is 25.3 Å². The number of aldehydes is 1. The molecule has 41 heavy (non-hydrogen) atoms. The molecule has 1 aromatic carbocycles. The first-order valence-electron chi connectivity index (χ1n) is 14.6. The molecule has 4 rings (SSSR count). The van der Waals surface area contributed by atoms with Crippen LogP contribution in [0.2, 0.25) is 0 Å². The molecule has 3 aliphatic rings. The number of rotatable bonds is 11. The van der Waals surface area contributed by atoms with E-state index in [1.165, 1.54) is 17.1 Å². The Morgan fingerprint density at radius 3 is 2.49 bits per heavy atom. The van der Waals surface area contributed by atoms with Crippen LogP contribution < -0.4 is 26.6 Å². The molecule has 5 N–H and O–H groups in total. The second-order valence-corrected chi connectivity index (χ2v) is 11.3. The zero-order chi connectivity index (χ0) is 29.8. The maximum absolute atomic E-state index is 13.5. The Morgan fingerprint density at radius 1 is 1.17 bits per heavy atom. The molecule has 12 heteroatoms. The highest BCUT2D eigenvalue weighted by Crippen LogP contribution is 2.27. The first-order valence-corrected chi connectivity index (χ1v) is 14.6. The maximum Gasteiger partial charge on any atom is 0.270 e. The molecule has 3 heterocycles. The minimum absolute atomic E-state index is 0.0393. The second-order valence-electron chi connectivity index (χ2n) is 11.3. The number of hydrogen-bond acceptors (Lipinski definition) is 9. The largest absolute Gasteiger partial charge is 0.396 e. The van der Waals surface area contributed by atoms with Crippen molar-refractivity contribution in [1.82, 2.24) is 26.5 Å². The van der Waals surface area contributed by atoms with Crippen molar-refractivity contribution >= 4 is 17.9 Å². The predicted octanol–water partition coefficient (Wildman–Crippen LogP) is 2.07. The van der Waals surface area contributed by atoms with Gasteiger partial charge in [0.2, 0.25) is 0 Å². The number of morpholine rings is 1. The van der Waals surface area contributed by atoms with Crippen LogP contribution in [0.25, 0.3) is 0 Å². The zero-order valence-electron chi connectivity index (χ0n) is 24.4. The number of hydrazine groups is 2. The molecule has 230 valence electrons. The number of anilines is 1. The first kappa shape index (κ1) is 32.9. The number of allylic oxidation sites excluding steroid dienone is 1. The molecule has 2 unspecified atom stereocenters. The number of nitrogens with one attached hydrogen (secondary N) is 4. The van der Waals surface area contributed by atoms with Crippen LogP contribution in [0.15, 0.2) is 29.6 Å². The number of benzene rings is 1. The van der Waals surface area contributed by atoms with E-state index < -0.39 is 11.6 Å². The van der Waals surface area contributed by atoms with Gasteiger partial charge in [-0.05, 0) is 68.7 Å². The van der Waals surface area contributed by atoms with Crippen LogP contribution in [0, 0.1) is 29.4 Å². The molecule has 2 saturated heterocycles. The van der Waals surface area contributed by atoms with E-state index in [2.05, 4.69) is 33.4 Å². The van der Waals surface area contributed by atoms with Crippen molar-refractivity contribution in [3.63, 3.8) is 0 Å². The fraction of sp³-hybridized carbons (Fsp3) is 0.655. The van der Waals surface area contributed by atoms with Crippen molar-refractivity contribution in [2.24, 2.45) is 17.8 Å². The number of carbonyl (C=O) groups excluding carboxylic acids is 2. The van der Waals surface area contributed by atoms with Crippen LogP contribution in [0.5, 0.6) is 0 Å². The van der Waals surface area contributed by atoms with E-state index >= 15 is 0 Å². The van der Waals surface area contributed by atoms with E-state index in [-0.39, 0.29) is 24.2 Å². The topological polar surface area (TPSA) is 118 Å². The summed E-state index contributed by atoms with van der Waals surface area (Å²) in [5, 5.41) is 16.7. The van der Waals surface area contributed by atoms with Crippen LogP contribution in [-0.2, 0) is 14.3 Å². The third kappa shape index (κ3) is 10.00. The van der Waals surface area contributed by atoms with Gasteiger partial charge in [-0.2, -0.15) is 0 Å². The van der Waals surface area contributed by atoms with Crippen molar-refractivity contribution < 1.29 is 28.2 Å². The number of carbonyl (C=O) groups is 2. The fourth-order valence-electron chi connectivity index (χ4n) is 5.30. The third-order valence-corrected chi connectivity index (χ3v) is 7.37. The van der Waals surface area contributed by atoms with Gasteiger partial charge in [0, 0.05) is 32.3 Å². The van der Waals surface area contributed by atoms with Gasteiger partial charge >= 0.3 is 0 Å². The van der Waals surface area contributed by atoms with Gasteiger partial charge in [-0.3, -0.25) is 20.1 Å². The number of unbranched alkanes of at least 4 members (excludes halogenated alkanes) is 1. The number of ether oxygens (including phenoxy) is 1. The Bertz CT molecular complexity index is 1000. The molecule has 2 fully saturated rings. The minimum Gasteiger partial charge on any atom is -0.396 e. The molecule has 0 radical (unpaired) electrons. The van der Waals surface area contributed by atoms with Gasteiger partial charge in [0.15, 0.2) is 0 Å². The van der Waals surface area contributed by atoms with Gasteiger partial charge in [0.25, 0.3) is 5.91 Å². The standard InChI is InChI=1S/C17H24F2N4O2.C12H22N2O2/c1-11(2)10-20-17(25)16-15(5-3-4-6-24)23(22-21-16)14-8-12(18)7-13(19)9-14;1-10-6-11(8-13-7-10)12(9-15)14-2-4-16-5-3-14/h7-9,11,21-22,24H,3-6,10H2,1-2H3,(H,20,25);9-13H,2-8H2,1H3/t;10-,11?,12?/m.0/s1. The van der Waals surface area contributed by atoms with Crippen LogP contribution >= 0.6 is 0 Å². The molecule has 3 atom stereocenters. The Morgan fingerprint density at radius 2 is 1.88 bits per heavy atom. The highest BCUT2D eigenvalue weighted by Gasteiger charge is 2.31. The molecule has 1 amide bonds. The summed E-state index contributed by atoms with van der Waals surface area (Å²) in [6, 6.07) is 3.23. The normalized spacial score (nSPS) is 22.2. The SMILES string of the molecule is CC(C)CNC(=O)C1=C(CCCCO)N(c2cc(F)cc(F)c2)NN1.C[C@@H]1CNCC(C(C=O)N2CCOCC2)C1. The Hall–Kier alpha value is -2.64. The molecule has 0 aromatic heterocycles. The van der Waals surface area contributed by atoms with E-state index in [0.717, 1.165) is 58.2 Å². The van der Waals surface area contributed by atoms with Gasteiger partial charge in [-0.1, -0.05) is 20.8 Å². The molecule has 0 aliphatic carbocycles. The second kappa shape index (κ2) is 16.7. The predicted molar refractivity (Wildman–Crippen MR) is 153 cm³/mol. The van der Waals surface area contributed by atoms with Crippen LogP contribution in [0.3, 0.4) is 0 Å². The third-order valence-electron chi connectivity index (χ3n) is 7.37. The summed E-state index contributed by atoms with van der Waals surface area (Å²) in [5.74, 6) is -0.250. The van der Waals surface area contributed by atoms with E-state index in [0.29, 0.717) is 55.0 Å². The monoisotopic (exact) mass is 580 g/mol. The number of nitrogens with zero attached hydrogens (tertiary/aromatic N) is 2. The Labute approximate surface area is 241 Å². The maximum atomic E-state index is 13.5. The summed E-state index contributed by atoms with van der Waals surface area (Å²) in [5.41, 5.74) is 6.68. The Kier molecular flexibility index (Phi) is 13.4. The van der Waals surface area contributed by atoms with E-state index in [9.17, 15) is 18.4 Å². The number of aliphatic hydroxyl groups excluding tert-OH is 1. The van der Waals surface area contributed by atoms with Crippen molar-refractivity contribution in [3.8, 4) is 0 Å². The lowest BCUT2D eigenvalue weighted by Crippen LogP contribution is -2.52. The van der Waals surface area contributed by atoms with Crippen molar-refractivity contribution in [2.75, 3.05) is 57.6 Å². The highest BCUT2D eigenvalue weighted by molar-refractivity contribution is 5.94. The molecule has 0 bridgehead atoms. The smallest absolute Gasteiger partial charge is 0.270 e. The average molecular weight is 581 g/mol. The molecule has 0 saturated carbocycles. The number of halogens is 2. The highest BCUT2D eigenvalue weighted by atomic mass is 19.1. The first-order chi connectivity index (χ1) is 19.7. The number of hydrogen-bond donors (Lipinski definition) is 5. The summed E-state index contributed by atoms with van der Waals surface area (Å²) in [6.07, 6.45) is 3.95. The summed E-state index contributed by atoms with van der Waals surface area (Å²) in [7, 11) is 0. The molecule has 10 nitrogen and oxygen atoms in total. The molecular formula is C29H46F2N6O4. The number of amides is 1. The van der Waals surface area contributed by atoms with Crippen molar-refractivity contribution in [1.29, 1.82) is 0 Å². The van der Waals surface area contributed by atoms with E-state index in [4.69, 9.17) is 9.84 Å². The van der Waals surface area contributed by atoms with Gasteiger partial charge in [-0.25, -0.2) is 8.78 Å². The molecular weight excluding hydrogens is 534 g/mol. The fourth-order valence-corrected chi connectivity index (χ4v) is 5.30. The number of aliphatic hydroxyl groups is 1. The lowest BCUT2D eigenvalue weighted by atomic mass is 9.86. The van der Waals surface area contributed by atoms with E-state index in [1.54, 1.807) is 0 Å².